The van der Waals surface area contributed by atoms with Crippen molar-refractivity contribution in [2.75, 3.05) is 11.5 Å². The van der Waals surface area contributed by atoms with Crippen LogP contribution in [0.1, 0.15) is 26.7 Å². The summed E-state index contributed by atoms with van der Waals surface area (Å²) in [6.07, 6.45) is 2.67. The maximum atomic E-state index is 6.02. The predicted molar refractivity (Wildman–Crippen MR) is 55.3 cm³/mol. The Labute approximate surface area is 79.5 Å². The summed E-state index contributed by atoms with van der Waals surface area (Å²) >= 11 is 2.11. The molecule has 0 aromatic rings. The van der Waals surface area contributed by atoms with Crippen molar-refractivity contribution < 1.29 is 0 Å². The topological polar surface area (TPSA) is 26.0 Å². The van der Waals surface area contributed by atoms with Gasteiger partial charge in [-0.2, -0.15) is 11.8 Å². The van der Waals surface area contributed by atoms with E-state index in [4.69, 9.17) is 5.73 Å². The first kappa shape index (κ1) is 8.89. The minimum absolute atomic E-state index is 0.507. The first-order chi connectivity index (χ1) is 5.62. The van der Waals surface area contributed by atoms with Gasteiger partial charge in [0, 0.05) is 6.04 Å². The minimum atomic E-state index is 0.507. The number of thioether (sulfide) groups is 1. The third kappa shape index (κ3) is 1.29. The molecule has 1 aliphatic heterocycles. The third-order valence-corrected chi connectivity index (χ3v) is 5.03. The highest BCUT2D eigenvalue weighted by atomic mass is 32.2. The molecule has 2 heteroatoms. The van der Waals surface area contributed by atoms with E-state index in [0.29, 0.717) is 11.5 Å². The Balaban J connectivity index is 2.08. The fourth-order valence-electron chi connectivity index (χ4n) is 3.00. The highest BCUT2D eigenvalue weighted by Gasteiger charge is 2.49. The Bertz CT molecular complexity index is 183. The van der Waals surface area contributed by atoms with Crippen LogP contribution in [0.3, 0.4) is 0 Å². The molecule has 0 amide bonds. The van der Waals surface area contributed by atoms with Crippen LogP contribution in [-0.2, 0) is 0 Å². The van der Waals surface area contributed by atoms with E-state index in [1.54, 1.807) is 0 Å². The molecule has 0 aromatic heterocycles. The number of nitrogens with two attached hydrogens (primary N) is 1. The van der Waals surface area contributed by atoms with Gasteiger partial charge in [-0.3, -0.25) is 0 Å². The second-order valence-electron chi connectivity index (χ2n) is 4.98. The smallest absolute Gasteiger partial charge is 0.00855 e. The number of hydrogen-bond donors (Lipinski definition) is 1. The summed E-state index contributed by atoms with van der Waals surface area (Å²) in [6.45, 7) is 4.81. The molecule has 1 saturated heterocycles. The molecular formula is C10H19NS. The molecular weight excluding hydrogens is 166 g/mol. The molecule has 2 N–H and O–H groups in total. The average molecular weight is 185 g/mol. The molecule has 3 unspecified atom stereocenters. The van der Waals surface area contributed by atoms with Crippen LogP contribution in [0.5, 0.6) is 0 Å². The van der Waals surface area contributed by atoms with Crippen LogP contribution in [0.4, 0.5) is 0 Å². The van der Waals surface area contributed by atoms with Gasteiger partial charge in [0.1, 0.15) is 0 Å². The summed E-state index contributed by atoms with van der Waals surface area (Å²) in [5.74, 6) is 4.37. The third-order valence-electron chi connectivity index (χ3n) is 3.63. The number of fused-ring (bicyclic) bond motifs is 1. The average Bonchev–Trinajstić information content (AvgIpc) is 2.06. The van der Waals surface area contributed by atoms with Gasteiger partial charge in [0.05, 0.1) is 0 Å². The van der Waals surface area contributed by atoms with E-state index < -0.39 is 0 Å². The zero-order valence-electron chi connectivity index (χ0n) is 8.05. The molecule has 0 aromatic carbocycles. The molecule has 0 bridgehead atoms. The first-order valence-corrected chi connectivity index (χ1v) is 6.10. The normalized spacial score (nSPS) is 53.8. The molecule has 2 fully saturated rings. The van der Waals surface area contributed by atoms with Crippen molar-refractivity contribution in [3.05, 3.63) is 0 Å². The van der Waals surface area contributed by atoms with Gasteiger partial charge in [-0.25, -0.2) is 0 Å². The maximum absolute atomic E-state index is 6.02. The van der Waals surface area contributed by atoms with Gasteiger partial charge < -0.3 is 5.73 Å². The summed E-state index contributed by atoms with van der Waals surface area (Å²) in [5.41, 5.74) is 6.62. The lowest BCUT2D eigenvalue weighted by Crippen LogP contribution is -2.55. The van der Waals surface area contributed by atoms with E-state index >= 15 is 0 Å². The highest BCUT2D eigenvalue weighted by Crippen LogP contribution is 2.53. The summed E-state index contributed by atoms with van der Waals surface area (Å²) in [7, 11) is 0. The van der Waals surface area contributed by atoms with Crippen molar-refractivity contribution in [2.45, 2.75) is 32.7 Å². The van der Waals surface area contributed by atoms with Crippen molar-refractivity contribution in [2.24, 2.45) is 23.0 Å². The molecule has 1 aliphatic carbocycles. The standard InChI is InChI=1S/C10H19NS/c1-7-3-10(2)4-9(11)8(10)6-12-5-7/h7-9H,3-6,11H2,1-2H3/t7-,8?,9?,10?/m1/s1. The van der Waals surface area contributed by atoms with Crippen molar-refractivity contribution >= 4 is 11.8 Å². The van der Waals surface area contributed by atoms with E-state index in [1.165, 1.54) is 24.3 Å². The van der Waals surface area contributed by atoms with Crippen molar-refractivity contribution in [3.8, 4) is 0 Å². The number of rotatable bonds is 0. The van der Waals surface area contributed by atoms with Crippen molar-refractivity contribution in [1.29, 1.82) is 0 Å². The van der Waals surface area contributed by atoms with Gasteiger partial charge in [0.25, 0.3) is 0 Å². The van der Waals surface area contributed by atoms with E-state index in [-0.39, 0.29) is 0 Å². The van der Waals surface area contributed by atoms with Crippen LogP contribution >= 0.6 is 11.8 Å². The van der Waals surface area contributed by atoms with Crippen LogP contribution in [-0.4, -0.2) is 17.5 Å². The predicted octanol–water partition coefficient (Wildman–Crippen LogP) is 2.11. The summed E-state index contributed by atoms with van der Waals surface area (Å²) in [5, 5.41) is 0. The maximum Gasteiger partial charge on any atom is 0.00855 e. The lowest BCUT2D eigenvalue weighted by Gasteiger charge is -2.52. The second kappa shape index (κ2) is 2.91. The Morgan fingerprint density at radius 1 is 1.33 bits per heavy atom. The van der Waals surface area contributed by atoms with E-state index in [1.807, 2.05) is 0 Å². The summed E-state index contributed by atoms with van der Waals surface area (Å²) in [4.78, 5) is 0. The fraction of sp³-hybridized carbons (Fsp3) is 1.00. The molecule has 0 radical (unpaired) electrons. The second-order valence-corrected chi connectivity index (χ2v) is 6.05. The molecule has 2 aliphatic rings. The summed E-state index contributed by atoms with van der Waals surface area (Å²) < 4.78 is 0. The van der Waals surface area contributed by atoms with Crippen LogP contribution < -0.4 is 5.73 Å². The largest absolute Gasteiger partial charge is 0.327 e. The Morgan fingerprint density at radius 3 is 2.75 bits per heavy atom. The summed E-state index contributed by atoms with van der Waals surface area (Å²) in [6, 6.07) is 0.507. The zero-order chi connectivity index (χ0) is 8.77. The number of hydrogen-bond acceptors (Lipinski definition) is 2. The minimum Gasteiger partial charge on any atom is -0.327 e. The molecule has 1 saturated carbocycles. The van der Waals surface area contributed by atoms with Gasteiger partial charge >= 0.3 is 0 Å². The van der Waals surface area contributed by atoms with E-state index in [0.717, 1.165) is 11.8 Å². The molecule has 0 spiro atoms. The zero-order valence-corrected chi connectivity index (χ0v) is 8.86. The fourth-order valence-corrected chi connectivity index (χ4v) is 4.56. The lowest BCUT2D eigenvalue weighted by molar-refractivity contribution is 0.0225. The lowest BCUT2D eigenvalue weighted by atomic mass is 9.56. The van der Waals surface area contributed by atoms with E-state index in [2.05, 4.69) is 25.6 Å². The van der Waals surface area contributed by atoms with Gasteiger partial charge in [-0.1, -0.05) is 13.8 Å². The van der Waals surface area contributed by atoms with Gasteiger partial charge in [-0.15, -0.1) is 0 Å². The Kier molecular flexibility index (Phi) is 2.16. The molecule has 12 heavy (non-hydrogen) atoms. The van der Waals surface area contributed by atoms with Crippen LogP contribution in [0.15, 0.2) is 0 Å². The van der Waals surface area contributed by atoms with Gasteiger partial charge in [0.2, 0.25) is 0 Å². The van der Waals surface area contributed by atoms with Gasteiger partial charge in [-0.05, 0) is 41.6 Å². The molecule has 70 valence electrons. The van der Waals surface area contributed by atoms with Crippen molar-refractivity contribution in [3.63, 3.8) is 0 Å². The molecule has 4 atom stereocenters. The highest BCUT2D eigenvalue weighted by molar-refractivity contribution is 7.99. The van der Waals surface area contributed by atoms with Gasteiger partial charge in [0.15, 0.2) is 0 Å². The Morgan fingerprint density at radius 2 is 2.08 bits per heavy atom. The molecule has 1 nitrogen and oxygen atoms in total. The van der Waals surface area contributed by atoms with Crippen LogP contribution in [0.2, 0.25) is 0 Å². The van der Waals surface area contributed by atoms with Crippen molar-refractivity contribution in [1.82, 2.24) is 0 Å². The van der Waals surface area contributed by atoms with Crippen LogP contribution in [0, 0.1) is 17.3 Å². The quantitative estimate of drug-likeness (QED) is 0.625. The SMILES string of the molecule is C[C@H]1CSCC2C(N)CC2(C)C1. The monoisotopic (exact) mass is 185 g/mol. The van der Waals surface area contributed by atoms with Crippen LogP contribution in [0.25, 0.3) is 0 Å². The van der Waals surface area contributed by atoms with E-state index in [9.17, 15) is 0 Å². The molecule has 2 rings (SSSR count). The Hall–Kier alpha value is 0.310. The first-order valence-electron chi connectivity index (χ1n) is 4.95. The molecule has 1 heterocycles.